The van der Waals surface area contributed by atoms with E-state index in [1.807, 2.05) is 6.07 Å². The van der Waals surface area contributed by atoms with E-state index in [0.717, 1.165) is 157 Å². The SMILES string of the molecule is c1ccc(-c2cccc(-c3cc(-c4ccc(-c5ccc6c(c5)C5(c7ccc(-c8ccc(-c9nc(-c%10ccccc%10)cc(-c%10ccccc%10-c%10ccccc%10)n9)cc8)cc7O6)c6ccccc6-c6ccccc65)cc4)nc(-c4ccc(-c5ccc6c(c5)Oc5ccccc5C65c6ccccc6-c6ccccc65)cc4)n3)c2)cc1. The largest absolute Gasteiger partial charge is 0.457 e. The highest BCUT2D eigenvalue weighted by Crippen LogP contribution is 2.65. The van der Waals surface area contributed by atoms with E-state index in [2.05, 4.69) is 394 Å². The number of rotatable bonds is 11. The summed E-state index contributed by atoms with van der Waals surface area (Å²) in [6.45, 7) is 0. The fourth-order valence-corrected chi connectivity index (χ4v) is 18.2. The average molecular weight is 1430 g/mol. The van der Waals surface area contributed by atoms with Gasteiger partial charge in [0.25, 0.3) is 0 Å². The monoisotopic (exact) mass is 1430 g/mol. The fraction of sp³-hybridized carbons (Fsp3) is 0.0189. The predicted molar refractivity (Wildman–Crippen MR) is 452 cm³/mol. The van der Waals surface area contributed by atoms with Crippen molar-refractivity contribution in [1.29, 1.82) is 0 Å². The first kappa shape index (κ1) is 64.5. The van der Waals surface area contributed by atoms with Crippen molar-refractivity contribution in [2.75, 3.05) is 0 Å². The van der Waals surface area contributed by atoms with E-state index < -0.39 is 10.8 Å². The fourth-order valence-electron chi connectivity index (χ4n) is 18.2. The number of ether oxygens (including phenoxy) is 2. The average Bonchev–Trinajstić information content (AvgIpc) is 1.50. The molecule has 112 heavy (non-hydrogen) atoms. The van der Waals surface area contributed by atoms with E-state index in [1.165, 1.54) is 44.5 Å². The Labute approximate surface area is 649 Å². The molecule has 2 spiro atoms. The second-order valence-electron chi connectivity index (χ2n) is 29.4. The quantitative estimate of drug-likeness (QED) is 0.129. The standard InChI is InChI=1S/C106H66N4O2/c1-4-23-67(24-5-1)76-29-22-30-80(61-76)97-65-95(107-103(109-97)74-51-45-69(46-52-74)78-55-58-92-101(63-78)111-99-42-21-20-41-91(99)105(92)87-37-16-12-32-82(87)83-33-13-17-38-88(83)105)73-49-43-68(44-50-73)77-57-60-100-94(62-77)106(89-39-18-14-34-84(89)85-35-15-19-40-90(85)106)93-59-56-79(64-102(93)112-100)70-47-53-75(54-48-70)104-108-96(72-27-8-3-9-28-72)66-98(110-104)86-36-11-10-31-81(86)71-25-6-2-7-26-71/h1-66H. The summed E-state index contributed by atoms with van der Waals surface area (Å²) in [5, 5.41) is 0. The molecule has 4 heterocycles. The molecule has 522 valence electrons. The zero-order chi connectivity index (χ0) is 73.9. The molecule has 0 unspecified atom stereocenters. The molecule has 0 amide bonds. The number of hydrogen-bond acceptors (Lipinski definition) is 6. The summed E-state index contributed by atoms with van der Waals surface area (Å²) >= 11 is 0. The molecule has 0 fully saturated rings. The Hall–Kier alpha value is -14.7. The van der Waals surface area contributed by atoms with Gasteiger partial charge in [-0.1, -0.05) is 352 Å². The zero-order valence-electron chi connectivity index (χ0n) is 60.7. The van der Waals surface area contributed by atoms with Crippen LogP contribution in [0.15, 0.2) is 400 Å². The molecule has 2 aliphatic heterocycles. The van der Waals surface area contributed by atoms with Crippen LogP contribution in [0, 0.1) is 0 Å². The minimum atomic E-state index is -0.697. The number of para-hydroxylation sites is 1. The van der Waals surface area contributed by atoms with Crippen LogP contribution in [0.5, 0.6) is 23.0 Å². The lowest BCUT2D eigenvalue weighted by Crippen LogP contribution is -2.32. The number of benzene rings is 16. The van der Waals surface area contributed by atoms with E-state index in [9.17, 15) is 0 Å². The Balaban J connectivity index is 0.603. The molecule has 2 aromatic heterocycles. The van der Waals surface area contributed by atoms with Crippen LogP contribution < -0.4 is 9.47 Å². The van der Waals surface area contributed by atoms with Gasteiger partial charge in [0.15, 0.2) is 11.6 Å². The summed E-state index contributed by atoms with van der Waals surface area (Å²) in [6.07, 6.45) is 0. The summed E-state index contributed by atoms with van der Waals surface area (Å²) in [5.74, 6) is 4.64. The lowest BCUT2D eigenvalue weighted by Gasteiger charge is -2.40. The Morgan fingerprint density at radius 3 is 0.973 bits per heavy atom. The van der Waals surface area contributed by atoms with Gasteiger partial charge in [-0.15, -0.1) is 0 Å². The van der Waals surface area contributed by atoms with Gasteiger partial charge in [0, 0.05) is 55.6 Å². The Kier molecular flexibility index (Phi) is 15.0. The van der Waals surface area contributed by atoms with Crippen molar-refractivity contribution >= 4 is 0 Å². The Morgan fingerprint density at radius 1 is 0.152 bits per heavy atom. The molecule has 16 aromatic carbocycles. The van der Waals surface area contributed by atoms with Gasteiger partial charge in [-0.3, -0.25) is 0 Å². The van der Waals surface area contributed by atoms with Gasteiger partial charge in [-0.05, 0) is 149 Å². The minimum absolute atomic E-state index is 0.531. The first-order valence-corrected chi connectivity index (χ1v) is 38.2. The lowest BCUT2D eigenvalue weighted by atomic mass is 9.65. The molecule has 4 aliphatic rings. The maximum absolute atomic E-state index is 7.25. The first-order chi connectivity index (χ1) is 55.5. The molecule has 0 bridgehead atoms. The molecule has 2 aliphatic carbocycles. The second-order valence-corrected chi connectivity index (χ2v) is 29.4. The third-order valence-electron chi connectivity index (χ3n) is 23.3. The third-order valence-corrected chi connectivity index (χ3v) is 23.3. The number of hydrogen-bond donors (Lipinski definition) is 0. The Morgan fingerprint density at radius 2 is 0.455 bits per heavy atom. The normalized spacial score (nSPS) is 13.1. The van der Waals surface area contributed by atoms with Crippen LogP contribution in [-0.2, 0) is 10.8 Å². The number of aromatic nitrogens is 4. The summed E-state index contributed by atoms with van der Waals surface area (Å²) in [7, 11) is 0. The molecule has 0 saturated heterocycles. The van der Waals surface area contributed by atoms with Crippen LogP contribution in [0.25, 0.3) is 146 Å². The van der Waals surface area contributed by atoms with Crippen molar-refractivity contribution in [3.05, 3.63) is 445 Å². The minimum Gasteiger partial charge on any atom is -0.457 e. The molecule has 0 atom stereocenters. The first-order valence-electron chi connectivity index (χ1n) is 38.2. The van der Waals surface area contributed by atoms with Crippen molar-refractivity contribution < 1.29 is 9.47 Å². The van der Waals surface area contributed by atoms with Crippen molar-refractivity contribution in [1.82, 2.24) is 19.9 Å². The van der Waals surface area contributed by atoms with E-state index in [1.54, 1.807) is 0 Å². The second kappa shape index (κ2) is 26.0. The van der Waals surface area contributed by atoms with Gasteiger partial charge >= 0.3 is 0 Å². The van der Waals surface area contributed by atoms with Crippen molar-refractivity contribution in [2.24, 2.45) is 0 Å². The van der Waals surface area contributed by atoms with Gasteiger partial charge in [0.05, 0.1) is 33.6 Å². The summed E-state index contributed by atoms with van der Waals surface area (Å²) in [5.41, 5.74) is 33.3. The summed E-state index contributed by atoms with van der Waals surface area (Å²) in [4.78, 5) is 21.4. The van der Waals surface area contributed by atoms with Gasteiger partial charge in [-0.2, -0.15) is 0 Å². The highest BCUT2D eigenvalue weighted by molar-refractivity contribution is 5.93. The van der Waals surface area contributed by atoms with Crippen molar-refractivity contribution in [3.8, 4) is 169 Å². The smallest absolute Gasteiger partial charge is 0.160 e. The van der Waals surface area contributed by atoms with Crippen molar-refractivity contribution in [3.63, 3.8) is 0 Å². The molecule has 6 nitrogen and oxygen atoms in total. The van der Waals surface area contributed by atoms with Crippen LogP contribution in [-0.4, -0.2) is 19.9 Å². The van der Waals surface area contributed by atoms with Crippen LogP contribution in [0.2, 0.25) is 0 Å². The van der Waals surface area contributed by atoms with Crippen LogP contribution in [0.4, 0.5) is 0 Å². The molecular formula is C106H66N4O2. The third kappa shape index (κ3) is 10.3. The van der Waals surface area contributed by atoms with Gasteiger partial charge in [-0.25, -0.2) is 19.9 Å². The van der Waals surface area contributed by atoms with Gasteiger partial charge < -0.3 is 9.47 Å². The molecule has 18 aromatic rings. The number of fused-ring (bicyclic) bond motifs is 18. The van der Waals surface area contributed by atoms with E-state index in [0.29, 0.717) is 11.6 Å². The van der Waals surface area contributed by atoms with Gasteiger partial charge in [0.1, 0.15) is 23.0 Å². The van der Waals surface area contributed by atoms with Crippen molar-refractivity contribution in [2.45, 2.75) is 10.8 Å². The highest BCUT2D eigenvalue weighted by atomic mass is 16.5. The highest BCUT2D eigenvalue weighted by Gasteiger charge is 2.53. The van der Waals surface area contributed by atoms with Crippen LogP contribution >= 0.6 is 0 Å². The van der Waals surface area contributed by atoms with E-state index >= 15 is 0 Å². The topological polar surface area (TPSA) is 70.0 Å². The van der Waals surface area contributed by atoms with Crippen LogP contribution in [0.1, 0.15) is 44.5 Å². The Bertz CT molecular complexity index is 6700. The maximum Gasteiger partial charge on any atom is 0.160 e. The lowest BCUT2D eigenvalue weighted by molar-refractivity contribution is 0.436. The molecule has 22 rings (SSSR count). The van der Waals surface area contributed by atoms with E-state index in [4.69, 9.17) is 29.4 Å². The van der Waals surface area contributed by atoms with Crippen LogP contribution in [0.3, 0.4) is 0 Å². The molecule has 0 radical (unpaired) electrons. The molecule has 0 N–H and O–H groups in total. The maximum atomic E-state index is 7.25. The van der Waals surface area contributed by atoms with E-state index in [-0.39, 0.29) is 0 Å². The molecular weight excluding hydrogens is 1360 g/mol. The summed E-state index contributed by atoms with van der Waals surface area (Å²) in [6, 6.07) is 143. The predicted octanol–water partition coefficient (Wildman–Crippen LogP) is 26.5. The molecule has 0 saturated carbocycles. The van der Waals surface area contributed by atoms with Gasteiger partial charge in [0.2, 0.25) is 0 Å². The summed E-state index contributed by atoms with van der Waals surface area (Å²) < 4.78 is 14.2. The molecule has 6 heteroatoms. The number of nitrogens with zero attached hydrogens (tertiary/aromatic N) is 4. The zero-order valence-corrected chi connectivity index (χ0v) is 60.7.